The van der Waals surface area contributed by atoms with Gasteiger partial charge < -0.3 is 5.32 Å². The molecule has 1 aliphatic rings. The van der Waals surface area contributed by atoms with Gasteiger partial charge in [-0.05, 0) is 5.56 Å². The molecule has 1 aromatic rings. The standard InChI is InChI=1S/C11H12N2O9S2/c14-10(12-8-6-13(11(8)15)23(16,17)18)9(22-24(19,20)21)7-4-2-1-3-5-7/h1-5,8-9H,6H2,(H,12,14)(H,16,17,18)(H,19,20,21). The minimum Gasteiger partial charge on any atom is -0.340 e. The zero-order valence-corrected chi connectivity index (χ0v) is 13.4. The molecule has 2 amide bonds. The van der Waals surface area contributed by atoms with Crippen molar-refractivity contribution in [2.24, 2.45) is 0 Å². The molecule has 2 atom stereocenters. The van der Waals surface area contributed by atoms with E-state index in [0.717, 1.165) is 0 Å². The third-order valence-electron chi connectivity index (χ3n) is 3.05. The van der Waals surface area contributed by atoms with Gasteiger partial charge in [0.15, 0.2) is 6.10 Å². The Kier molecular flexibility index (Phi) is 4.91. The molecule has 0 spiro atoms. The quantitative estimate of drug-likeness (QED) is 0.400. The van der Waals surface area contributed by atoms with Crippen molar-refractivity contribution in [3.63, 3.8) is 0 Å². The first-order valence-electron chi connectivity index (χ1n) is 6.29. The maximum Gasteiger partial charge on any atom is 0.398 e. The van der Waals surface area contributed by atoms with Gasteiger partial charge in [-0.1, -0.05) is 30.3 Å². The Morgan fingerprint density at radius 3 is 2.25 bits per heavy atom. The molecule has 1 saturated heterocycles. The van der Waals surface area contributed by atoms with Crippen LogP contribution in [0.2, 0.25) is 0 Å². The first kappa shape index (κ1) is 18.3. The van der Waals surface area contributed by atoms with E-state index in [0.29, 0.717) is 0 Å². The van der Waals surface area contributed by atoms with E-state index >= 15 is 0 Å². The SMILES string of the molecule is O=C(NC1CN(S(=O)(=O)O)C1=O)C(OS(=O)(=O)O)c1ccccc1. The van der Waals surface area contributed by atoms with Crippen molar-refractivity contribution < 1.29 is 39.7 Å². The Morgan fingerprint density at radius 1 is 1.21 bits per heavy atom. The molecule has 24 heavy (non-hydrogen) atoms. The molecule has 0 aliphatic carbocycles. The summed E-state index contributed by atoms with van der Waals surface area (Å²) in [5.41, 5.74) is 0.0750. The zero-order chi connectivity index (χ0) is 18.1. The van der Waals surface area contributed by atoms with Crippen LogP contribution in [0.25, 0.3) is 0 Å². The van der Waals surface area contributed by atoms with Gasteiger partial charge in [-0.2, -0.15) is 16.8 Å². The largest absolute Gasteiger partial charge is 0.398 e. The lowest BCUT2D eigenvalue weighted by molar-refractivity contribution is -0.142. The average molecular weight is 380 g/mol. The molecular formula is C11H12N2O9S2. The van der Waals surface area contributed by atoms with Crippen LogP contribution in [0.15, 0.2) is 30.3 Å². The van der Waals surface area contributed by atoms with Crippen LogP contribution in [0.5, 0.6) is 0 Å². The highest BCUT2D eigenvalue weighted by Gasteiger charge is 2.45. The van der Waals surface area contributed by atoms with E-state index in [1.807, 2.05) is 0 Å². The maximum absolute atomic E-state index is 12.1. The first-order valence-corrected chi connectivity index (χ1v) is 9.05. The fraction of sp³-hybridized carbons (Fsp3) is 0.273. The molecule has 0 aromatic heterocycles. The van der Waals surface area contributed by atoms with Crippen molar-refractivity contribution in [2.75, 3.05) is 6.54 Å². The summed E-state index contributed by atoms with van der Waals surface area (Å²) in [6.45, 7) is -0.517. The van der Waals surface area contributed by atoms with E-state index in [-0.39, 0.29) is 9.87 Å². The van der Waals surface area contributed by atoms with Crippen molar-refractivity contribution in [1.29, 1.82) is 0 Å². The normalized spacial score (nSPS) is 19.5. The second kappa shape index (κ2) is 6.45. The fourth-order valence-corrected chi connectivity index (χ4v) is 3.09. The predicted octanol–water partition coefficient (Wildman–Crippen LogP) is -1.32. The highest BCUT2D eigenvalue weighted by Crippen LogP contribution is 2.21. The number of nitrogens with one attached hydrogen (secondary N) is 1. The molecule has 1 fully saturated rings. The smallest absolute Gasteiger partial charge is 0.340 e. The van der Waals surface area contributed by atoms with E-state index in [9.17, 15) is 26.4 Å². The molecule has 0 radical (unpaired) electrons. The van der Waals surface area contributed by atoms with Crippen LogP contribution in [0.4, 0.5) is 0 Å². The summed E-state index contributed by atoms with van der Waals surface area (Å²) in [4.78, 5) is 23.7. The van der Waals surface area contributed by atoms with Gasteiger partial charge in [0.05, 0.1) is 6.54 Å². The highest BCUT2D eigenvalue weighted by atomic mass is 32.3. The number of β-lactam (4-membered cyclic amide) rings is 1. The van der Waals surface area contributed by atoms with Gasteiger partial charge in [-0.25, -0.2) is 8.49 Å². The minimum atomic E-state index is -4.98. The molecule has 1 aliphatic heterocycles. The third kappa shape index (κ3) is 4.27. The number of amides is 2. The van der Waals surface area contributed by atoms with Crippen molar-refractivity contribution in [3.05, 3.63) is 35.9 Å². The summed E-state index contributed by atoms with van der Waals surface area (Å²) >= 11 is 0. The van der Waals surface area contributed by atoms with Crippen molar-refractivity contribution in [1.82, 2.24) is 9.62 Å². The number of nitrogens with zero attached hydrogens (tertiary/aromatic N) is 1. The summed E-state index contributed by atoms with van der Waals surface area (Å²) in [6, 6.07) is 5.97. The van der Waals surface area contributed by atoms with Crippen LogP contribution in [0.3, 0.4) is 0 Å². The second-order valence-corrected chi connectivity index (χ2v) is 7.11. The molecule has 1 heterocycles. The second-order valence-electron chi connectivity index (χ2n) is 4.72. The van der Waals surface area contributed by atoms with Gasteiger partial charge in [0, 0.05) is 0 Å². The topological polar surface area (TPSA) is 167 Å². The van der Waals surface area contributed by atoms with Crippen molar-refractivity contribution >= 4 is 32.5 Å². The van der Waals surface area contributed by atoms with Crippen molar-refractivity contribution in [2.45, 2.75) is 12.1 Å². The van der Waals surface area contributed by atoms with E-state index in [2.05, 4.69) is 9.50 Å². The number of hydrogen-bond acceptors (Lipinski definition) is 7. The molecular weight excluding hydrogens is 368 g/mol. The molecule has 2 unspecified atom stereocenters. The summed E-state index contributed by atoms with van der Waals surface area (Å²) in [6.07, 6.45) is -1.78. The lowest BCUT2D eigenvalue weighted by Crippen LogP contribution is -2.65. The molecule has 2 rings (SSSR count). The lowest BCUT2D eigenvalue weighted by Gasteiger charge is -2.35. The summed E-state index contributed by atoms with van der Waals surface area (Å²) in [5, 5.41) is 2.08. The first-order chi connectivity index (χ1) is 11.0. The maximum atomic E-state index is 12.1. The number of carbonyl (C=O) groups is 2. The lowest BCUT2D eigenvalue weighted by atomic mass is 10.1. The Labute approximate surface area is 137 Å². The molecule has 0 bridgehead atoms. The molecule has 1 aromatic carbocycles. The molecule has 13 heteroatoms. The van der Waals surface area contributed by atoms with E-state index in [1.165, 1.54) is 24.3 Å². The van der Waals surface area contributed by atoms with Gasteiger partial charge in [0.2, 0.25) is 0 Å². The molecule has 132 valence electrons. The van der Waals surface area contributed by atoms with Crippen LogP contribution in [-0.4, -0.2) is 54.6 Å². The Balaban J connectivity index is 2.14. The summed E-state index contributed by atoms with van der Waals surface area (Å²) in [7, 11) is -9.70. The summed E-state index contributed by atoms with van der Waals surface area (Å²) in [5.74, 6) is -2.18. The Hall–Kier alpha value is -2.06. The van der Waals surface area contributed by atoms with Crippen LogP contribution in [-0.2, 0) is 34.5 Å². The Bertz CT molecular complexity index is 851. The molecule has 11 nitrogen and oxygen atoms in total. The average Bonchev–Trinajstić information content (AvgIpc) is 2.46. The van der Waals surface area contributed by atoms with Gasteiger partial charge >= 0.3 is 20.7 Å². The van der Waals surface area contributed by atoms with Gasteiger partial charge in [0.1, 0.15) is 6.04 Å². The third-order valence-corrected chi connectivity index (χ3v) is 4.37. The number of carbonyl (C=O) groups excluding carboxylic acids is 2. The Morgan fingerprint density at radius 2 is 1.79 bits per heavy atom. The summed E-state index contributed by atoms with van der Waals surface area (Å²) < 4.78 is 65.4. The fourth-order valence-electron chi connectivity index (χ4n) is 1.96. The van der Waals surface area contributed by atoms with Gasteiger partial charge in [-0.3, -0.25) is 18.7 Å². The van der Waals surface area contributed by atoms with Crippen molar-refractivity contribution in [3.8, 4) is 0 Å². The minimum absolute atomic E-state index is 0.0750. The molecule has 0 saturated carbocycles. The molecule has 3 N–H and O–H groups in total. The number of rotatable bonds is 6. The predicted molar refractivity (Wildman–Crippen MR) is 77.0 cm³/mol. The van der Waals surface area contributed by atoms with E-state index in [4.69, 9.17) is 9.11 Å². The zero-order valence-electron chi connectivity index (χ0n) is 11.8. The number of benzene rings is 1. The van der Waals surface area contributed by atoms with Crippen LogP contribution >= 0.6 is 0 Å². The van der Waals surface area contributed by atoms with Crippen LogP contribution < -0.4 is 5.32 Å². The van der Waals surface area contributed by atoms with Crippen LogP contribution in [0, 0.1) is 0 Å². The van der Waals surface area contributed by atoms with Crippen LogP contribution in [0.1, 0.15) is 11.7 Å². The van der Waals surface area contributed by atoms with Gasteiger partial charge in [-0.15, -0.1) is 0 Å². The highest BCUT2D eigenvalue weighted by molar-refractivity contribution is 7.84. The van der Waals surface area contributed by atoms with Gasteiger partial charge in [0.25, 0.3) is 11.8 Å². The number of hydrogen-bond donors (Lipinski definition) is 3. The van der Waals surface area contributed by atoms with E-state index in [1.54, 1.807) is 6.07 Å². The monoisotopic (exact) mass is 380 g/mol. The van der Waals surface area contributed by atoms with E-state index < -0.39 is 51.2 Å².